The minimum atomic E-state index is 0.525. The number of aromatic nitrogens is 2. The summed E-state index contributed by atoms with van der Waals surface area (Å²) in [5.41, 5.74) is 2.52. The van der Waals surface area contributed by atoms with Crippen LogP contribution in [0.3, 0.4) is 0 Å². The molecular formula is C15H15ClN2S. The Balaban J connectivity index is 1.92. The van der Waals surface area contributed by atoms with Crippen molar-refractivity contribution in [1.29, 1.82) is 0 Å². The molecule has 0 saturated heterocycles. The van der Waals surface area contributed by atoms with Crippen molar-refractivity contribution in [3.63, 3.8) is 0 Å². The van der Waals surface area contributed by atoms with Crippen LogP contribution in [0, 0.1) is 13.8 Å². The van der Waals surface area contributed by atoms with Gasteiger partial charge in [-0.25, -0.2) is 9.97 Å². The van der Waals surface area contributed by atoms with Crippen LogP contribution < -0.4 is 0 Å². The fraction of sp³-hybridized carbons (Fsp3) is 0.333. The number of aryl methyl sites for hydroxylation is 2. The highest BCUT2D eigenvalue weighted by Crippen LogP contribution is 2.40. The van der Waals surface area contributed by atoms with Gasteiger partial charge in [-0.2, -0.15) is 0 Å². The number of nitrogens with zero attached hydrogens (tertiary/aromatic N) is 2. The molecule has 4 heteroatoms. The molecule has 1 aromatic carbocycles. The lowest BCUT2D eigenvalue weighted by molar-refractivity contribution is 0.878. The molecule has 2 aromatic rings. The van der Waals surface area contributed by atoms with Crippen LogP contribution >= 0.6 is 23.4 Å². The molecule has 0 atom stereocenters. The largest absolute Gasteiger partial charge is 0.226 e. The van der Waals surface area contributed by atoms with Crippen molar-refractivity contribution in [3.8, 4) is 0 Å². The summed E-state index contributed by atoms with van der Waals surface area (Å²) in [6, 6.07) is 8.30. The van der Waals surface area contributed by atoms with E-state index in [1.807, 2.05) is 6.07 Å². The second kappa shape index (κ2) is 5.14. The van der Waals surface area contributed by atoms with E-state index in [4.69, 9.17) is 11.6 Å². The van der Waals surface area contributed by atoms with Gasteiger partial charge < -0.3 is 0 Å². The first-order chi connectivity index (χ1) is 9.11. The highest BCUT2D eigenvalue weighted by molar-refractivity contribution is 7.99. The van der Waals surface area contributed by atoms with Crippen molar-refractivity contribution in [2.75, 3.05) is 0 Å². The van der Waals surface area contributed by atoms with Crippen LogP contribution in [-0.2, 0) is 0 Å². The molecule has 1 heterocycles. The maximum Gasteiger partial charge on any atom is 0.134 e. The third-order valence-electron chi connectivity index (χ3n) is 3.19. The smallest absolute Gasteiger partial charge is 0.134 e. The van der Waals surface area contributed by atoms with Gasteiger partial charge in [0.15, 0.2) is 0 Å². The molecular weight excluding hydrogens is 276 g/mol. The number of benzene rings is 1. The zero-order chi connectivity index (χ0) is 13.4. The first kappa shape index (κ1) is 12.9. The van der Waals surface area contributed by atoms with Crippen molar-refractivity contribution < 1.29 is 0 Å². The van der Waals surface area contributed by atoms with E-state index in [1.54, 1.807) is 11.8 Å². The van der Waals surface area contributed by atoms with Crippen LogP contribution in [0.4, 0.5) is 0 Å². The number of hydrogen-bond acceptors (Lipinski definition) is 3. The lowest BCUT2D eigenvalue weighted by atomic mass is 10.2. The van der Waals surface area contributed by atoms with E-state index < -0.39 is 0 Å². The molecule has 0 unspecified atom stereocenters. The summed E-state index contributed by atoms with van der Waals surface area (Å²) in [5, 5.41) is 1.49. The molecule has 19 heavy (non-hydrogen) atoms. The average Bonchev–Trinajstić information content (AvgIpc) is 3.17. The molecule has 0 spiro atoms. The standard InChI is InChI=1S/C15H15ClN2S/c1-9-3-4-10(2)12(7-9)19-14-8-13(16)17-15(18-14)11-5-6-11/h3-4,7-8,11H,5-6H2,1-2H3. The summed E-state index contributed by atoms with van der Waals surface area (Å²) in [6.45, 7) is 4.22. The Morgan fingerprint density at radius 1 is 1.16 bits per heavy atom. The zero-order valence-electron chi connectivity index (χ0n) is 11.0. The second-order valence-electron chi connectivity index (χ2n) is 5.03. The molecule has 2 nitrogen and oxygen atoms in total. The molecule has 1 fully saturated rings. The summed E-state index contributed by atoms with van der Waals surface area (Å²) >= 11 is 7.76. The Kier molecular flexibility index (Phi) is 3.50. The van der Waals surface area contributed by atoms with Crippen molar-refractivity contribution >= 4 is 23.4 Å². The van der Waals surface area contributed by atoms with E-state index >= 15 is 0 Å². The van der Waals surface area contributed by atoms with Gasteiger partial charge in [-0.15, -0.1) is 0 Å². The first-order valence-corrected chi connectivity index (χ1v) is 7.61. The summed E-state index contributed by atoms with van der Waals surface area (Å²) in [4.78, 5) is 10.2. The van der Waals surface area contributed by atoms with Gasteiger partial charge in [0, 0.05) is 16.9 Å². The van der Waals surface area contributed by atoms with E-state index in [1.165, 1.54) is 28.9 Å². The third kappa shape index (κ3) is 3.10. The van der Waals surface area contributed by atoms with Crippen LogP contribution in [0.5, 0.6) is 0 Å². The number of halogens is 1. The maximum atomic E-state index is 6.09. The minimum absolute atomic E-state index is 0.525. The van der Waals surface area contributed by atoms with E-state index in [0.717, 1.165) is 10.9 Å². The highest BCUT2D eigenvalue weighted by atomic mass is 35.5. The van der Waals surface area contributed by atoms with Gasteiger partial charge in [0.2, 0.25) is 0 Å². The molecule has 3 rings (SSSR count). The molecule has 98 valence electrons. The van der Waals surface area contributed by atoms with Gasteiger partial charge >= 0.3 is 0 Å². The van der Waals surface area contributed by atoms with Crippen LogP contribution in [0.2, 0.25) is 5.15 Å². The van der Waals surface area contributed by atoms with E-state index in [-0.39, 0.29) is 0 Å². The minimum Gasteiger partial charge on any atom is -0.226 e. The fourth-order valence-electron chi connectivity index (χ4n) is 1.92. The predicted octanol–water partition coefficient (Wildman–Crippen LogP) is 4.78. The number of rotatable bonds is 3. The molecule has 0 radical (unpaired) electrons. The maximum absolute atomic E-state index is 6.09. The monoisotopic (exact) mass is 290 g/mol. The Labute approximate surface area is 122 Å². The normalized spacial score (nSPS) is 14.7. The molecule has 1 aromatic heterocycles. The highest BCUT2D eigenvalue weighted by Gasteiger charge is 2.27. The Morgan fingerprint density at radius 2 is 1.95 bits per heavy atom. The SMILES string of the molecule is Cc1ccc(C)c(Sc2cc(Cl)nc(C3CC3)n2)c1. The quantitative estimate of drug-likeness (QED) is 0.761. The molecule has 0 amide bonds. The van der Waals surface area contributed by atoms with Crippen LogP contribution in [0.25, 0.3) is 0 Å². The molecule has 1 aliphatic carbocycles. The Morgan fingerprint density at radius 3 is 2.68 bits per heavy atom. The Bertz CT molecular complexity index is 624. The predicted molar refractivity (Wildman–Crippen MR) is 79.1 cm³/mol. The Hall–Kier alpha value is -1.06. The average molecular weight is 291 g/mol. The van der Waals surface area contributed by atoms with Gasteiger partial charge in [-0.05, 0) is 43.9 Å². The van der Waals surface area contributed by atoms with Crippen molar-refractivity contribution in [1.82, 2.24) is 9.97 Å². The summed E-state index contributed by atoms with van der Waals surface area (Å²) in [6.07, 6.45) is 2.38. The topological polar surface area (TPSA) is 25.8 Å². The molecule has 0 aliphatic heterocycles. The van der Waals surface area contributed by atoms with Gasteiger partial charge in [0.05, 0.1) is 0 Å². The van der Waals surface area contributed by atoms with E-state index in [2.05, 4.69) is 42.0 Å². The zero-order valence-corrected chi connectivity index (χ0v) is 12.6. The van der Waals surface area contributed by atoms with Gasteiger partial charge in [0.25, 0.3) is 0 Å². The van der Waals surface area contributed by atoms with Crippen molar-refractivity contribution in [2.24, 2.45) is 0 Å². The van der Waals surface area contributed by atoms with E-state index in [0.29, 0.717) is 11.1 Å². The van der Waals surface area contributed by atoms with Gasteiger partial charge in [-0.1, -0.05) is 35.5 Å². The van der Waals surface area contributed by atoms with Crippen LogP contribution in [0.1, 0.15) is 35.7 Å². The second-order valence-corrected chi connectivity index (χ2v) is 6.48. The molecule has 1 saturated carbocycles. The molecule has 1 aliphatic rings. The third-order valence-corrected chi connectivity index (χ3v) is 4.46. The lowest BCUT2D eigenvalue weighted by Crippen LogP contribution is -1.94. The lowest BCUT2D eigenvalue weighted by Gasteiger charge is -2.07. The van der Waals surface area contributed by atoms with E-state index in [9.17, 15) is 0 Å². The van der Waals surface area contributed by atoms with Crippen molar-refractivity contribution in [2.45, 2.75) is 42.5 Å². The van der Waals surface area contributed by atoms with Crippen LogP contribution in [0.15, 0.2) is 34.2 Å². The summed E-state index contributed by atoms with van der Waals surface area (Å²) in [7, 11) is 0. The summed E-state index contributed by atoms with van der Waals surface area (Å²) in [5.74, 6) is 1.43. The molecule has 0 N–H and O–H groups in total. The fourth-order valence-corrected chi connectivity index (χ4v) is 3.18. The first-order valence-electron chi connectivity index (χ1n) is 6.41. The van der Waals surface area contributed by atoms with Gasteiger partial charge in [0.1, 0.15) is 16.0 Å². The number of hydrogen-bond donors (Lipinski definition) is 0. The van der Waals surface area contributed by atoms with Crippen molar-refractivity contribution in [3.05, 3.63) is 46.4 Å². The summed E-state index contributed by atoms with van der Waals surface area (Å²) < 4.78 is 0. The molecule has 0 bridgehead atoms. The van der Waals surface area contributed by atoms with Gasteiger partial charge in [-0.3, -0.25) is 0 Å². The van der Waals surface area contributed by atoms with Crippen LogP contribution in [-0.4, -0.2) is 9.97 Å².